The van der Waals surface area contributed by atoms with Gasteiger partial charge in [0.1, 0.15) is 28.1 Å². The highest BCUT2D eigenvalue weighted by Crippen LogP contribution is 2.29. The second-order valence-electron chi connectivity index (χ2n) is 8.06. The summed E-state index contributed by atoms with van der Waals surface area (Å²) in [6, 6.07) is 7.11. The third kappa shape index (κ3) is 5.08. The summed E-state index contributed by atoms with van der Waals surface area (Å²) in [5.74, 6) is -0.224. The molecule has 0 aliphatic heterocycles. The molecule has 1 N–H and O–H groups in total. The highest BCUT2D eigenvalue weighted by molar-refractivity contribution is 7.20. The zero-order chi connectivity index (χ0) is 23.4. The van der Waals surface area contributed by atoms with Gasteiger partial charge >= 0.3 is 5.97 Å². The Morgan fingerprint density at radius 3 is 2.73 bits per heavy atom. The lowest BCUT2D eigenvalue weighted by Crippen LogP contribution is -2.28. The van der Waals surface area contributed by atoms with Crippen LogP contribution in [0.1, 0.15) is 54.3 Å². The number of aromatic nitrogens is 2. The Balaban J connectivity index is 1.53. The fourth-order valence-electron chi connectivity index (χ4n) is 4.05. The van der Waals surface area contributed by atoms with Crippen molar-refractivity contribution in [2.24, 2.45) is 0 Å². The largest absolute Gasteiger partial charge is 0.492 e. The summed E-state index contributed by atoms with van der Waals surface area (Å²) in [4.78, 5) is 43.7. The first-order valence-electron chi connectivity index (χ1n) is 11.2. The number of hydrogen-bond acceptors (Lipinski definition) is 7. The summed E-state index contributed by atoms with van der Waals surface area (Å²) in [6.07, 6.45) is 6.32. The smallest absolute Gasteiger partial charge is 0.348 e. The fraction of sp³-hybridized carbons (Fsp3) is 0.417. The maximum Gasteiger partial charge on any atom is 0.348 e. The van der Waals surface area contributed by atoms with Crippen LogP contribution in [0.15, 0.2) is 35.4 Å². The van der Waals surface area contributed by atoms with E-state index in [1.807, 2.05) is 13.0 Å². The monoisotopic (exact) mass is 469 g/mol. The molecule has 1 fully saturated rings. The van der Waals surface area contributed by atoms with Gasteiger partial charge < -0.3 is 14.8 Å². The molecule has 1 aromatic carbocycles. The molecule has 174 valence electrons. The van der Waals surface area contributed by atoms with E-state index in [1.54, 1.807) is 25.1 Å². The maximum absolute atomic E-state index is 13.1. The zero-order valence-corrected chi connectivity index (χ0v) is 19.6. The van der Waals surface area contributed by atoms with Crippen LogP contribution in [0.25, 0.3) is 10.2 Å². The van der Waals surface area contributed by atoms with Gasteiger partial charge in [0.25, 0.3) is 5.56 Å². The van der Waals surface area contributed by atoms with Crippen molar-refractivity contribution >= 4 is 39.1 Å². The average Bonchev–Trinajstić information content (AvgIpc) is 3.15. The number of nitrogens with one attached hydrogen (secondary N) is 1. The number of amides is 1. The normalized spacial score (nSPS) is 14.2. The number of carbonyl (C=O) groups is 2. The third-order valence-electron chi connectivity index (χ3n) is 5.70. The summed E-state index contributed by atoms with van der Waals surface area (Å²) in [5.41, 5.74) is 0.717. The molecule has 8 nitrogen and oxygen atoms in total. The molecule has 1 amide bonds. The number of para-hydroxylation sites is 2. The molecular weight excluding hydrogens is 442 g/mol. The van der Waals surface area contributed by atoms with Gasteiger partial charge in [0.15, 0.2) is 0 Å². The molecule has 0 saturated heterocycles. The Bertz CT molecular complexity index is 1230. The molecule has 33 heavy (non-hydrogen) atoms. The number of rotatable bonds is 7. The van der Waals surface area contributed by atoms with Gasteiger partial charge in [-0.15, -0.1) is 11.3 Å². The lowest BCUT2D eigenvalue weighted by molar-refractivity contribution is -0.116. The molecule has 4 rings (SSSR count). The van der Waals surface area contributed by atoms with E-state index >= 15 is 0 Å². The van der Waals surface area contributed by atoms with Crippen LogP contribution in [0, 0.1) is 6.92 Å². The molecule has 0 radical (unpaired) electrons. The molecule has 0 bridgehead atoms. The van der Waals surface area contributed by atoms with Crippen LogP contribution < -0.4 is 15.6 Å². The van der Waals surface area contributed by atoms with Crippen LogP contribution in [-0.4, -0.2) is 34.1 Å². The van der Waals surface area contributed by atoms with E-state index in [-0.39, 0.29) is 24.1 Å². The number of aryl methyl sites for hydroxylation is 1. The quantitative estimate of drug-likeness (QED) is 0.518. The van der Waals surface area contributed by atoms with Gasteiger partial charge in [0.2, 0.25) is 5.91 Å². The van der Waals surface area contributed by atoms with Gasteiger partial charge in [-0.25, -0.2) is 9.78 Å². The zero-order valence-electron chi connectivity index (χ0n) is 18.8. The molecule has 2 aromatic heterocycles. The summed E-state index contributed by atoms with van der Waals surface area (Å²) in [7, 11) is 0. The highest BCUT2D eigenvalue weighted by Gasteiger charge is 2.24. The van der Waals surface area contributed by atoms with E-state index in [1.165, 1.54) is 17.3 Å². The minimum absolute atomic E-state index is 0.0660. The maximum atomic E-state index is 13.1. The first-order chi connectivity index (χ1) is 16.0. The van der Waals surface area contributed by atoms with Gasteiger partial charge in [0.05, 0.1) is 24.0 Å². The van der Waals surface area contributed by atoms with E-state index in [2.05, 4.69) is 10.3 Å². The highest BCUT2D eigenvalue weighted by atomic mass is 32.1. The standard InChI is InChI=1S/C24H27N3O5S/c1-3-31-18-12-8-7-11-17(18)26-19(28)13-27-14-25-22-20(23(27)29)15(2)21(33-22)24(30)32-16-9-5-4-6-10-16/h7-8,11-12,14,16H,3-6,9-10,13H2,1-2H3,(H,26,28). The van der Waals surface area contributed by atoms with Crippen molar-refractivity contribution in [1.82, 2.24) is 9.55 Å². The minimum Gasteiger partial charge on any atom is -0.492 e. The number of hydrogen-bond donors (Lipinski definition) is 1. The van der Waals surface area contributed by atoms with Gasteiger partial charge in [-0.1, -0.05) is 18.6 Å². The molecule has 1 aliphatic rings. The number of fused-ring (bicyclic) bond motifs is 1. The molecular formula is C24H27N3O5S. The van der Waals surface area contributed by atoms with Crippen molar-refractivity contribution in [2.75, 3.05) is 11.9 Å². The Kier molecular flexibility index (Phi) is 7.08. The van der Waals surface area contributed by atoms with Crippen LogP contribution >= 0.6 is 11.3 Å². The van der Waals surface area contributed by atoms with E-state index in [0.29, 0.717) is 38.7 Å². The number of nitrogens with zero attached hydrogens (tertiary/aromatic N) is 2. The van der Waals surface area contributed by atoms with Crippen molar-refractivity contribution in [1.29, 1.82) is 0 Å². The topological polar surface area (TPSA) is 99.5 Å². The molecule has 1 saturated carbocycles. The second kappa shape index (κ2) is 10.2. The number of benzene rings is 1. The lowest BCUT2D eigenvalue weighted by Gasteiger charge is -2.21. The summed E-state index contributed by atoms with van der Waals surface area (Å²) < 4.78 is 12.5. The molecule has 1 aliphatic carbocycles. The predicted molar refractivity (Wildman–Crippen MR) is 127 cm³/mol. The van der Waals surface area contributed by atoms with Gasteiger partial charge in [0, 0.05) is 0 Å². The van der Waals surface area contributed by atoms with Crippen LogP contribution in [0.4, 0.5) is 5.69 Å². The van der Waals surface area contributed by atoms with Crippen molar-refractivity contribution in [2.45, 2.75) is 58.6 Å². The SMILES string of the molecule is CCOc1ccccc1NC(=O)Cn1cnc2sc(C(=O)OC3CCCCC3)c(C)c2c1=O. The van der Waals surface area contributed by atoms with Crippen molar-refractivity contribution in [3.63, 3.8) is 0 Å². The van der Waals surface area contributed by atoms with Crippen LogP contribution in [0.2, 0.25) is 0 Å². The number of anilines is 1. The van der Waals surface area contributed by atoms with Crippen molar-refractivity contribution < 1.29 is 19.1 Å². The molecule has 0 spiro atoms. The first kappa shape index (κ1) is 23.0. The summed E-state index contributed by atoms with van der Waals surface area (Å²) in [6.45, 7) is 3.85. The molecule has 0 unspecified atom stereocenters. The Morgan fingerprint density at radius 2 is 1.97 bits per heavy atom. The molecule has 0 atom stereocenters. The predicted octanol–water partition coefficient (Wildman–Crippen LogP) is 4.29. The third-order valence-corrected chi connectivity index (χ3v) is 6.88. The number of ether oxygens (including phenoxy) is 2. The van der Waals surface area contributed by atoms with Gasteiger partial charge in [-0.2, -0.15) is 0 Å². The minimum atomic E-state index is -0.404. The number of esters is 1. The van der Waals surface area contributed by atoms with Crippen LogP contribution in [0.5, 0.6) is 5.75 Å². The van der Waals surface area contributed by atoms with Gasteiger partial charge in [-0.3, -0.25) is 14.2 Å². The second-order valence-corrected chi connectivity index (χ2v) is 9.06. The Hall–Kier alpha value is -3.20. The van der Waals surface area contributed by atoms with Gasteiger partial charge in [-0.05, 0) is 57.2 Å². The first-order valence-corrected chi connectivity index (χ1v) is 12.0. The van der Waals surface area contributed by atoms with E-state index < -0.39 is 5.97 Å². The van der Waals surface area contributed by atoms with E-state index in [4.69, 9.17) is 9.47 Å². The number of thiophene rings is 1. The lowest BCUT2D eigenvalue weighted by atomic mass is 9.98. The molecule has 9 heteroatoms. The number of carbonyl (C=O) groups excluding carboxylic acids is 2. The molecule has 2 heterocycles. The Labute approximate surface area is 195 Å². The fourth-order valence-corrected chi connectivity index (χ4v) is 5.07. The van der Waals surface area contributed by atoms with Crippen molar-refractivity contribution in [3.8, 4) is 5.75 Å². The van der Waals surface area contributed by atoms with E-state index in [9.17, 15) is 14.4 Å². The van der Waals surface area contributed by atoms with Crippen molar-refractivity contribution in [3.05, 3.63) is 51.4 Å². The summed E-state index contributed by atoms with van der Waals surface area (Å²) >= 11 is 1.16. The average molecular weight is 470 g/mol. The van der Waals surface area contributed by atoms with E-state index in [0.717, 1.165) is 37.0 Å². The molecule has 3 aromatic rings. The van der Waals surface area contributed by atoms with Crippen LogP contribution in [-0.2, 0) is 16.1 Å². The van der Waals surface area contributed by atoms with Crippen LogP contribution in [0.3, 0.4) is 0 Å². The Morgan fingerprint density at radius 1 is 1.21 bits per heavy atom. The summed E-state index contributed by atoms with van der Waals surface area (Å²) in [5, 5.41) is 3.13.